The van der Waals surface area contributed by atoms with Gasteiger partial charge in [-0.05, 0) is 43.5 Å². The summed E-state index contributed by atoms with van der Waals surface area (Å²) >= 11 is 6.21. The first-order valence-corrected chi connectivity index (χ1v) is 10.7. The van der Waals surface area contributed by atoms with Crippen LogP contribution >= 0.6 is 11.6 Å². The van der Waals surface area contributed by atoms with Crippen LogP contribution in [0.25, 0.3) is 0 Å². The lowest BCUT2D eigenvalue weighted by molar-refractivity contribution is -0.116. The molecule has 1 amide bonds. The van der Waals surface area contributed by atoms with Crippen LogP contribution in [-0.2, 0) is 30.8 Å². The van der Waals surface area contributed by atoms with Crippen molar-refractivity contribution in [3.63, 3.8) is 0 Å². The molecule has 160 valence electrons. The van der Waals surface area contributed by atoms with Crippen LogP contribution in [0.15, 0.2) is 53.3 Å². The minimum atomic E-state index is -0.306. The summed E-state index contributed by atoms with van der Waals surface area (Å²) in [4.78, 5) is 32.6. The van der Waals surface area contributed by atoms with Crippen LogP contribution in [0.3, 0.4) is 0 Å². The highest BCUT2D eigenvalue weighted by molar-refractivity contribution is 6.33. The summed E-state index contributed by atoms with van der Waals surface area (Å²) in [7, 11) is 0. The first kappa shape index (κ1) is 21.3. The van der Waals surface area contributed by atoms with Crippen molar-refractivity contribution in [1.29, 1.82) is 0 Å². The van der Waals surface area contributed by atoms with Crippen LogP contribution in [0.5, 0.6) is 0 Å². The fourth-order valence-corrected chi connectivity index (χ4v) is 4.20. The molecule has 6 nitrogen and oxygen atoms in total. The van der Waals surface area contributed by atoms with Crippen LogP contribution in [0, 0.1) is 13.8 Å². The third kappa shape index (κ3) is 4.86. The highest BCUT2D eigenvalue weighted by atomic mass is 35.5. The molecule has 2 aromatic carbocycles. The highest BCUT2D eigenvalue weighted by Gasteiger charge is 2.23. The van der Waals surface area contributed by atoms with Gasteiger partial charge in [0.15, 0.2) is 0 Å². The third-order valence-corrected chi connectivity index (χ3v) is 5.85. The molecule has 0 saturated heterocycles. The molecule has 1 aliphatic rings. The number of nitrogens with zero attached hydrogens (tertiary/aromatic N) is 3. The van der Waals surface area contributed by atoms with Gasteiger partial charge < -0.3 is 5.32 Å². The smallest absolute Gasteiger partial charge is 0.257 e. The summed E-state index contributed by atoms with van der Waals surface area (Å²) in [6, 6.07) is 15.7. The molecule has 1 aromatic heterocycles. The van der Waals surface area contributed by atoms with Crippen molar-refractivity contribution >= 4 is 23.2 Å². The maximum absolute atomic E-state index is 13.1. The van der Waals surface area contributed by atoms with Gasteiger partial charge in [-0.1, -0.05) is 48.0 Å². The average molecular weight is 437 g/mol. The number of carbonyl (C=O) groups excluding carboxylic acids is 1. The van der Waals surface area contributed by atoms with Gasteiger partial charge in [0.25, 0.3) is 5.56 Å². The standard InChI is InChI=1S/C24H25ClN4O2/c1-16-8-9-21(20(25)12-16)27-23(30)15-29-17(2)26-22-14-28(11-10-19(22)24(29)31)13-18-6-4-3-5-7-18/h3-9,12H,10-11,13-15H2,1-2H3,(H,27,30). The lowest BCUT2D eigenvalue weighted by Crippen LogP contribution is -2.39. The Balaban J connectivity index is 1.49. The molecule has 0 bridgehead atoms. The van der Waals surface area contributed by atoms with Crippen molar-refractivity contribution in [2.24, 2.45) is 0 Å². The molecular weight excluding hydrogens is 412 g/mol. The van der Waals surface area contributed by atoms with Crippen LogP contribution in [-0.4, -0.2) is 26.9 Å². The number of amides is 1. The zero-order valence-corrected chi connectivity index (χ0v) is 18.4. The molecule has 1 aliphatic heterocycles. The zero-order chi connectivity index (χ0) is 22.0. The number of hydrogen-bond donors (Lipinski definition) is 1. The second-order valence-corrected chi connectivity index (χ2v) is 8.36. The van der Waals surface area contributed by atoms with E-state index < -0.39 is 0 Å². The van der Waals surface area contributed by atoms with Crippen molar-refractivity contribution < 1.29 is 4.79 Å². The van der Waals surface area contributed by atoms with Gasteiger partial charge in [-0.15, -0.1) is 0 Å². The van der Waals surface area contributed by atoms with E-state index in [0.29, 0.717) is 35.1 Å². The van der Waals surface area contributed by atoms with Gasteiger partial charge in [0.05, 0.1) is 16.4 Å². The summed E-state index contributed by atoms with van der Waals surface area (Å²) < 4.78 is 1.45. The number of benzene rings is 2. The number of aryl methyl sites for hydroxylation is 2. The maximum atomic E-state index is 13.1. The Hall–Kier alpha value is -2.96. The SMILES string of the molecule is Cc1ccc(NC(=O)Cn2c(C)nc3c(c2=O)CCN(Cc2ccccc2)C3)c(Cl)c1. The average Bonchev–Trinajstić information content (AvgIpc) is 2.74. The number of anilines is 1. The van der Waals surface area contributed by atoms with Crippen LogP contribution < -0.4 is 10.9 Å². The van der Waals surface area contributed by atoms with Gasteiger partial charge in [0.2, 0.25) is 5.91 Å². The van der Waals surface area contributed by atoms with Crippen LogP contribution in [0.4, 0.5) is 5.69 Å². The number of aromatic nitrogens is 2. The van der Waals surface area contributed by atoms with Crippen molar-refractivity contribution in [2.75, 3.05) is 11.9 Å². The quantitative estimate of drug-likeness (QED) is 0.662. The van der Waals surface area contributed by atoms with E-state index in [1.54, 1.807) is 19.1 Å². The molecular formula is C24H25ClN4O2. The van der Waals surface area contributed by atoms with Crippen molar-refractivity contribution in [2.45, 2.75) is 39.9 Å². The van der Waals surface area contributed by atoms with E-state index >= 15 is 0 Å². The first-order chi connectivity index (χ1) is 14.9. The van der Waals surface area contributed by atoms with Crippen LogP contribution in [0.2, 0.25) is 5.02 Å². The lowest BCUT2D eigenvalue weighted by atomic mass is 10.1. The predicted molar refractivity (Wildman–Crippen MR) is 122 cm³/mol. The molecule has 4 rings (SSSR count). The van der Waals surface area contributed by atoms with E-state index in [-0.39, 0.29) is 18.0 Å². The molecule has 0 fully saturated rings. The van der Waals surface area contributed by atoms with E-state index in [4.69, 9.17) is 11.6 Å². The predicted octanol–water partition coefficient (Wildman–Crippen LogP) is 3.71. The van der Waals surface area contributed by atoms with Gasteiger partial charge in [0.1, 0.15) is 12.4 Å². The van der Waals surface area contributed by atoms with E-state index in [1.165, 1.54) is 10.1 Å². The van der Waals surface area contributed by atoms with E-state index in [2.05, 4.69) is 27.3 Å². The van der Waals surface area contributed by atoms with Crippen molar-refractivity contribution in [1.82, 2.24) is 14.5 Å². The highest BCUT2D eigenvalue weighted by Crippen LogP contribution is 2.23. The Labute approximate surface area is 186 Å². The fourth-order valence-electron chi connectivity index (χ4n) is 3.92. The minimum absolute atomic E-state index is 0.0944. The van der Waals surface area contributed by atoms with Gasteiger partial charge >= 0.3 is 0 Å². The topological polar surface area (TPSA) is 67.2 Å². The Morgan fingerprint density at radius 2 is 1.94 bits per heavy atom. The van der Waals surface area contributed by atoms with E-state index in [9.17, 15) is 9.59 Å². The van der Waals surface area contributed by atoms with Crippen molar-refractivity contribution in [3.8, 4) is 0 Å². The van der Waals surface area contributed by atoms with Gasteiger partial charge in [-0.25, -0.2) is 4.98 Å². The Morgan fingerprint density at radius 1 is 1.16 bits per heavy atom. The number of carbonyl (C=O) groups is 1. The van der Waals surface area contributed by atoms with E-state index in [1.807, 2.05) is 31.2 Å². The third-order valence-electron chi connectivity index (χ3n) is 5.54. The molecule has 0 saturated carbocycles. The Kier molecular flexibility index (Phi) is 6.20. The first-order valence-electron chi connectivity index (χ1n) is 10.3. The summed E-state index contributed by atoms with van der Waals surface area (Å²) in [6.45, 7) is 5.84. The molecule has 3 aromatic rings. The summed E-state index contributed by atoms with van der Waals surface area (Å²) in [6.07, 6.45) is 0.625. The maximum Gasteiger partial charge on any atom is 0.257 e. The number of fused-ring (bicyclic) bond motifs is 1. The number of rotatable bonds is 5. The minimum Gasteiger partial charge on any atom is -0.323 e. The van der Waals surface area contributed by atoms with Crippen LogP contribution in [0.1, 0.15) is 28.2 Å². The monoisotopic (exact) mass is 436 g/mol. The molecule has 0 aliphatic carbocycles. The van der Waals surface area contributed by atoms with Gasteiger partial charge in [0, 0.05) is 25.2 Å². The molecule has 31 heavy (non-hydrogen) atoms. The molecule has 0 unspecified atom stereocenters. The number of halogens is 1. The Bertz CT molecular complexity index is 1170. The lowest BCUT2D eigenvalue weighted by Gasteiger charge is -2.28. The Morgan fingerprint density at radius 3 is 2.68 bits per heavy atom. The van der Waals surface area contributed by atoms with E-state index in [0.717, 1.165) is 24.3 Å². The molecule has 7 heteroatoms. The summed E-state index contributed by atoms with van der Waals surface area (Å²) in [5.41, 5.74) is 4.16. The summed E-state index contributed by atoms with van der Waals surface area (Å²) in [5.74, 6) is 0.231. The normalized spacial score (nSPS) is 13.6. The largest absolute Gasteiger partial charge is 0.323 e. The molecule has 0 radical (unpaired) electrons. The van der Waals surface area contributed by atoms with Gasteiger partial charge in [-0.3, -0.25) is 19.1 Å². The summed E-state index contributed by atoms with van der Waals surface area (Å²) in [5, 5.41) is 3.26. The van der Waals surface area contributed by atoms with Gasteiger partial charge in [-0.2, -0.15) is 0 Å². The molecule has 2 heterocycles. The fraction of sp³-hybridized carbons (Fsp3) is 0.292. The zero-order valence-electron chi connectivity index (χ0n) is 17.7. The second-order valence-electron chi connectivity index (χ2n) is 7.95. The molecule has 1 N–H and O–H groups in total. The molecule has 0 atom stereocenters. The molecule has 0 spiro atoms. The van der Waals surface area contributed by atoms with Crippen molar-refractivity contribution in [3.05, 3.63) is 92.1 Å². The second kappa shape index (κ2) is 9.04. The number of nitrogens with one attached hydrogen (secondary N) is 1. The number of hydrogen-bond acceptors (Lipinski definition) is 4.